The van der Waals surface area contributed by atoms with E-state index in [0.717, 1.165) is 10.8 Å². The van der Waals surface area contributed by atoms with E-state index >= 15 is 0 Å². The molecule has 1 aromatic carbocycles. The van der Waals surface area contributed by atoms with E-state index in [1.165, 1.54) is 25.2 Å². The van der Waals surface area contributed by atoms with Crippen molar-refractivity contribution in [2.75, 3.05) is 20.1 Å². The summed E-state index contributed by atoms with van der Waals surface area (Å²) in [4.78, 5) is 0. The number of hydrogen-bond donors (Lipinski definition) is 2. The van der Waals surface area contributed by atoms with Crippen molar-refractivity contribution in [1.82, 2.24) is 14.3 Å². The fourth-order valence-corrected chi connectivity index (χ4v) is 2.95. The first-order valence-corrected chi connectivity index (χ1v) is 8.47. The van der Waals surface area contributed by atoms with Crippen LogP contribution in [0.3, 0.4) is 0 Å². The number of likely N-dealkylation sites (N-methyl/N-ethyl adjacent to an activating group) is 1. The first-order chi connectivity index (χ1) is 9.77. The highest BCUT2D eigenvalue weighted by atomic mass is 35.5. The van der Waals surface area contributed by atoms with Gasteiger partial charge in [-0.05, 0) is 25.6 Å². The van der Waals surface area contributed by atoms with Crippen LogP contribution in [0, 0.1) is 5.82 Å². The maximum absolute atomic E-state index is 13.7. The summed E-state index contributed by atoms with van der Waals surface area (Å²) in [5.74, 6) is -0.523. The number of rotatable bonds is 8. The molecule has 0 fully saturated rings. The van der Waals surface area contributed by atoms with Gasteiger partial charge >= 0.3 is 0 Å². The molecule has 0 saturated heterocycles. The minimum absolute atomic E-state index is 0. The van der Waals surface area contributed by atoms with E-state index in [-0.39, 0.29) is 42.1 Å². The van der Waals surface area contributed by atoms with Crippen LogP contribution in [-0.4, -0.2) is 38.9 Å². The van der Waals surface area contributed by atoms with Gasteiger partial charge in [-0.3, -0.25) is 0 Å². The van der Waals surface area contributed by atoms with Crippen molar-refractivity contribution < 1.29 is 12.8 Å². The lowest BCUT2D eigenvalue weighted by Crippen LogP contribution is -2.44. The normalized spacial score (nSPS) is 13.0. The molecule has 9 heteroatoms. The lowest BCUT2D eigenvalue weighted by atomic mass is 10.2. The smallest absolute Gasteiger partial charge is 0.279 e. The summed E-state index contributed by atoms with van der Waals surface area (Å²) < 4.78 is 41.4. The minimum Gasteiger partial charge on any atom is -0.313 e. The van der Waals surface area contributed by atoms with Gasteiger partial charge in [-0.1, -0.05) is 24.6 Å². The number of hydrogen-bond acceptors (Lipinski definition) is 3. The summed E-state index contributed by atoms with van der Waals surface area (Å²) in [6.45, 7) is 4.70. The lowest BCUT2D eigenvalue weighted by Gasteiger charge is -2.20. The van der Waals surface area contributed by atoms with Crippen LogP contribution in [0.4, 0.5) is 4.39 Å². The summed E-state index contributed by atoms with van der Waals surface area (Å²) in [6, 6.07) is 4.27. The van der Waals surface area contributed by atoms with Crippen LogP contribution in [-0.2, 0) is 16.8 Å². The van der Waals surface area contributed by atoms with Crippen molar-refractivity contribution in [3.05, 3.63) is 34.6 Å². The highest BCUT2D eigenvalue weighted by Gasteiger charge is 2.20. The van der Waals surface area contributed by atoms with Crippen LogP contribution >= 0.6 is 24.0 Å². The fraction of sp³-hybridized carbons (Fsp3) is 0.538. The number of benzene rings is 1. The zero-order valence-corrected chi connectivity index (χ0v) is 15.2. The Morgan fingerprint density at radius 3 is 2.59 bits per heavy atom. The molecule has 0 unspecified atom stereocenters. The molecule has 0 aliphatic rings. The second kappa shape index (κ2) is 9.64. The van der Waals surface area contributed by atoms with E-state index in [9.17, 15) is 12.8 Å². The summed E-state index contributed by atoms with van der Waals surface area (Å²) >= 11 is 5.90. The molecule has 1 atom stereocenters. The van der Waals surface area contributed by atoms with E-state index in [1.807, 2.05) is 13.8 Å². The van der Waals surface area contributed by atoms with Gasteiger partial charge in [0.05, 0.1) is 0 Å². The monoisotopic (exact) mass is 373 g/mol. The molecule has 0 aliphatic carbocycles. The molecular weight excluding hydrogens is 352 g/mol. The minimum atomic E-state index is -3.69. The molecule has 0 radical (unpaired) electrons. The molecule has 0 spiro atoms. The predicted molar refractivity (Wildman–Crippen MR) is 90.2 cm³/mol. The SMILES string of the molecule is CCN[C@H](C)CNS(=O)(=O)N(C)Cc1c(F)cccc1Cl.Cl. The highest BCUT2D eigenvalue weighted by molar-refractivity contribution is 7.87. The highest BCUT2D eigenvalue weighted by Crippen LogP contribution is 2.20. The molecule has 1 rings (SSSR count). The Morgan fingerprint density at radius 1 is 1.41 bits per heavy atom. The Kier molecular flexibility index (Phi) is 9.45. The van der Waals surface area contributed by atoms with E-state index in [2.05, 4.69) is 10.0 Å². The number of nitrogens with one attached hydrogen (secondary N) is 2. The Bertz CT molecular complexity index is 552. The van der Waals surface area contributed by atoms with Crippen LogP contribution < -0.4 is 10.0 Å². The molecule has 22 heavy (non-hydrogen) atoms. The van der Waals surface area contributed by atoms with E-state index < -0.39 is 16.0 Å². The van der Waals surface area contributed by atoms with Crippen molar-refractivity contribution in [3.63, 3.8) is 0 Å². The zero-order chi connectivity index (χ0) is 16.0. The Morgan fingerprint density at radius 2 is 2.05 bits per heavy atom. The molecule has 128 valence electrons. The molecule has 1 aromatic rings. The first-order valence-electron chi connectivity index (χ1n) is 6.65. The van der Waals surface area contributed by atoms with Gasteiger partial charge in [0, 0.05) is 36.8 Å². The van der Waals surface area contributed by atoms with Crippen molar-refractivity contribution in [2.24, 2.45) is 0 Å². The Balaban J connectivity index is 0.00000441. The molecule has 0 bridgehead atoms. The third-order valence-corrected chi connectivity index (χ3v) is 4.81. The van der Waals surface area contributed by atoms with Crippen molar-refractivity contribution in [1.29, 1.82) is 0 Å². The molecular formula is C13H22Cl2FN3O2S. The molecule has 0 saturated carbocycles. The van der Waals surface area contributed by atoms with Crippen LogP contribution in [0.2, 0.25) is 5.02 Å². The van der Waals surface area contributed by atoms with Gasteiger partial charge in [0.1, 0.15) is 5.82 Å². The van der Waals surface area contributed by atoms with Crippen molar-refractivity contribution in [2.45, 2.75) is 26.4 Å². The van der Waals surface area contributed by atoms with Gasteiger partial charge < -0.3 is 5.32 Å². The maximum Gasteiger partial charge on any atom is 0.279 e. The van der Waals surface area contributed by atoms with Gasteiger partial charge in [0.15, 0.2) is 0 Å². The molecule has 2 N–H and O–H groups in total. The van der Waals surface area contributed by atoms with Crippen LogP contribution in [0.15, 0.2) is 18.2 Å². The molecule has 0 aromatic heterocycles. The van der Waals surface area contributed by atoms with Gasteiger partial charge in [-0.2, -0.15) is 12.7 Å². The number of nitrogens with zero attached hydrogens (tertiary/aromatic N) is 1. The van der Waals surface area contributed by atoms with Crippen LogP contribution in [0.1, 0.15) is 19.4 Å². The Labute approximate surface area is 142 Å². The maximum atomic E-state index is 13.7. The third kappa shape index (κ3) is 6.36. The summed E-state index contributed by atoms with van der Waals surface area (Å²) in [5, 5.41) is 3.30. The predicted octanol–water partition coefficient (Wildman–Crippen LogP) is 2.17. The van der Waals surface area contributed by atoms with Crippen LogP contribution in [0.25, 0.3) is 0 Å². The molecule has 0 amide bonds. The zero-order valence-electron chi connectivity index (χ0n) is 12.8. The van der Waals surface area contributed by atoms with E-state index in [1.54, 1.807) is 0 Å². The van der Waals surface area contributed by atoms with Gasteiger partial charge in [0.2, 0.25) is 0 Å². The van der Waals surface area contributed by atoms with Gasteiger partial charge in [-0.25, -0.2) is 9.11 Å². The van der Waals surface area contributed by atoms with Crippen LogP contribution in [0.5, 0.6) is 0 Å². The van der Waals surface area contributed by atoms with E-state index in [4.69, 9.17) is 11.6 Å². The second-order valence-electron chi connectivity index (χ2n) is 4.77. The average molecular weight is 374 g/mol. The molecule has 0 heterocycles. The van der Waals surface area contributed by atoms with E-state index in [0.29, 0.717) is 0 Å². The molecule has 0 aliphatic heterocycles. The largest absolute Gasteiger partial charge is 0.313 e. The summed E-state index contributed by atoms with van der Waals surface area (Å²) in [7, 11) is -2.31. The van der Waals surface area contributed by atoms with Gasteiger partial charge in [0.25, 0.3) is 10.2 Å². The quantitative estimate of drug-likeness (QED) is 0.733. The first kappa shape index (κ1) is 21.6. The topological polar surface area (TPSA) is 61.4 Å². The fourth-order valence-electron chi connectivity index (χ4n) is 1.75. The number of halogens is 3. The second-order valence-corrected chi connectivity index (χ2v) is 7.04. The third-order valence-electron chi connectivity index (χ3n) is 2.98. The summed E-state index contributed by atoms with van der Waals surface area (Å²) in [6.07, 6.45) is 0. The standard InChI is InChI=1S/C13H21ClFN3O2S.ClH/c1-4-16-10(2)8-17-21(19,20)18(3)9-11-12(14)6-5-7-13(11)15;/h5-7,10,16-17H,4,8-9H2,1-3H3;1H/t10-;/m1./s1. The lowest BCUT2D eigenvalue weighted by molar-refractivity contribution is 0.439. The molecule has 5 nitrogen and oxygen atoms in total. The van der Waals surface area contributed by atoms with Crippen molar-refractivity contribution >= 4 is 34.2 Å². The summed E-state index contributed by atoms with van der Waals surface area (Å²) in [5.41, 5.74) is 0.159. The average Bonchev–Trinajstić information content (AvgIpc) is 2.41. The Hall–Kier alpha value is -0.440. The van der Waals surface area contributed by atoms with Gasteiger partial charge in [-0.15, -0.1) is 12.4 Å². The van der Waals surface area contributed by atoms with Crippen molar-refractivity contribution in [3.8, 4) is 0 Å².